The van der Waals surface area contributed by atoms with Crippen LogP contribution in [0.1, 0.15) is 13.3 Å². The summed E-state index contributed by atoms with van der Waals surface area (Å²) in [6.45, 7) is 2.75. The second-order valence-corrected chi connectivity index (χ2v) is 6.74. The highest BCUT2D eigenvalue weighted by atomic mass is 19.1. The van der Waals surface area contributed by atoms with E-state index >= 15 is 0 Å². The van der Waals surface area contributed by atoms with E-state index in [1.807, 2.05) is 27.3 Å². The molecule has 148 valence electrons. The Kier molecular flexibility index (Phi) is 5.07. The number of hydrogen-bond acceptors (Lipinski definition) is 3. The SMILES string of the molecule is CC(=O)Nc1ccc2c(c1)ncn2CCCn1ccnc1-c1cc(F)ccc1F. The molecule has 0 unspecified atom stereocenters. The Hall–Kier alpha value is -3.55. The highest BCUT2D eigenvalue weighted by molar-refractivity contribution is 5.91. The molecule has 8 heteroatoms. The van der Waals surface area contributed by atoms with Crippen LogP contribution in [-0.4, -0.2) is 25.0 Å². The summed E-state index contributed by atoms with van der Waals surface area (Å²) in [5, 5.41) is 2.74. The second kappa shape index (κ2) is 7.83. The molecule has 0 atom stereocenters. The molecule has 0 fully saturated rings. The molecule has 2 heterocycles. The number of imidazole rings is 2. The number of nitrogens with one attached hydrogen (secondary N) is 1. The molecule has 0 spiro atoms. The maximum absolute atomic E-state index is 14.1. The van der Waals surface area contributed by atoms with Gasteiger partial charge in [0, 0.05) is 38.1 Å². The van der Waals surface area contributed by atoms with Gasteiger partial charge in [-0.05, 0) is 42.8 Å². The summed E-state index contributed by atoms with van der Waals surface area (Å²) in [5.41, 5.74) is 2.60. The molecule has 0 radical (unpaired) electrons. The lowest BCUT2D eigenvalue weighted by atomic mass is 10.2. The summed E-state index contributed by atoms with van der Waals surface area (Å²) >= 11 is 0. The summed E-state index contributed by atoms with van der Waals surface area (Å²) in [5.74, 6) is -0.735. The van der Waals surface area contributed by atoms with Crippen LogP contribution in [0.15, 0.2) is 55.1 Å². The molecule has 1 amide bonds. The van der Waals surface area contributed by atoms with Crippen molar-refractivity contribution in [2.75, 3.05) is 5.32 Å². The number of benzene rings is 2. The Bertz CT molecular complexity index is 1180. The van der Waals surface area contributed by atoms with E-state index in [1.165, 1.54) is 6.92 Å². The van der Waals surface area contributed by atoms with Gasteiger partial charge >= 0.3 is 0 Å². The smallest absolute Gasteiger partial charge is 0.221 e. The Morgan fingerprint density at radius 1 is 1.07 bits per heavy atom. The lowest BCUT2D eigenvalue weighted by Gasteiger charge is -2.10. The van der Waals surface area contributed by atoms with Crippen molar-refractivity contribution in [3.8, 4) is 11.4 Å². The first-order valence-corrected chi connectivity index (χ1v) is 9.20. The standard InChI is InChI=1S/C21H19F2N5O/c1-14(29)26-16-4-6-20-19(12-16)25-13-28(20)9-2-8-27-10-7-24-21(27)17-11-15(22)3-5-18(17)23/h3-7,10-13H,2,8-9H2,1H3,(H,26,29). The first-order valence-electron chi connectivity index (χ1n) is 9.20. The molecule has 29 heavy (non-hydrogen) atoms. The van der Waals surface area contributed by atoms with Gasteiger partial charge in [-0.3, -0.25) is 4.79 Å². The molecule has 6 nitrogen and oxygen atoms in total. The van der Waals surface area contributed by atoms with Gasteiger partial charge in [-0.25, -0.2) is 18.7 Å². The van der Waals surface area contributed by atoms with Gasteiger partial charge in [-0.2, -0.15) is 0 Å². The Balaban J connectivity index is 1.47. The zero-order valence-electron chi connectivity index (χ0n) is 15.8. The summed E-state index contributed by atoms with van der Waals surface area (Å²) in [7, 11) is 0. The number of aromatic nitrogens is 4. The Morgan fingerprint density at radius 2 is 1.90 bits per heavy atom. The Labute approximate surface area is 165 Å². The minimum Gasteiger partial charge on any atom is -0.331 e. The predicted octanol–water partition coefficient (Wildman–Crippen LogP) is 4.23. The molecule has 0 aliphatic carbocycles. The number of fused-ring (bicyclic) bond motifs is 1. The van der Waals surface area contributed by atoms with Crippen LogP contribution in [0.3, 0.4) is 0 Å². The molecule has 0 saturated heterocycles. The van der Waals surface area contributed by atoms with Gasteiger partial charge in [-0.1, -0.05) is 0 Å². The molecule has 0 aliphatic rings. The molecule has 4 rings (SSSR count). The normalized spacial score (nSPS) is 11.1. The topological polar surface area (TPSA) is 64.7 Å². The average molecular weight is 395 g/mol. The molecule has 1 N–H and O–H groups in total. The Morgan fingerprint density at radius 3 is 2.72 bits per heavy atom. The molecule has 0 aliphatic heterocycles. The van der Waals surface area contributed by atoms with E-state index in [4.69, 9.17) is 0 Å². The largest absolute Gasteiger partial charge is 0.331 e. The molecular weight excluding hydrogens is 376 g/mol. The van der Waals surface area contributed by atoms with E-state index in [2.05, 4.69) is 15.3 Å². The average Bonchev–Trinajstić information content (AvgIpc) is 3.30. The number of halogens is 2. The first-order chi connectivity index (χ1) is 14.0. The van der Waals surface area contributed by atoms with Crippen LogP contribution < -0.4 is 5.32 Å². The predicted molar refractivity (Wildman–Crippen MR) is 106 cm³/mol. The van der Waals surface area contributed by atoms with Gasteiger partial charge in [0.15, 0.2) is 0 Å². The van der Waals surface area contributed by atoms with Gasteiger partial charge in [0.2, 0.25) is 5.91 Å². The highest BCUT2D eigenvalue weighted by Gasteiger charge is 2.12. The van der Waals surface area contributed by atoms with Crippen LogP contribution in [0.5, 0.6) is 0 Å². The fraction of sp³-hybridized carbons (Fsp3) is 0.190. The van der Waals surface area contributed by atoms with Crippen molar-refractivity contribution >= 4 is 22.6 Å². The third kappa shape index (κ3) is 4.01. The van der Waals surface area contributed by atoms with Crippen LogP contribution in [-0.2, 0) is 17.9 Å². The number of aryl methyl sites for hydroxylation is 2. The van der Waals surface area contributed by atoms with E-state index in [-0.39, 0.29) is 11.5 Å². The van der Waals surface area contributed by atoms with Crippen molar-refractivity contribution in [1.82, 2.24) is 19.1 Å². The number of carbonyl (C=O) groups excluding carboxylic acids is 1. The van der Waals surface area contributed by atoms with Crippen molar-refractivity contribution in [2.45, 2.75) is 26.4 Å². The minimum atomic E-state index is -0.505. The molecule has 2 aromatic heterocycles. The second-order valence-electron chi connectivity index (χ2n) is 6.74. The zero-order valence-corrected chi connectivity index (χ0v) is 15.8. The van der Waals surface area contributed by atoms with E-state index in [1.54, 1.807) is 18.7 Å². The van der Waals surface area contributed by atoms with Crippen LogP contribution in [0.4, 0.5) is 14.5 Å². The summed E-state index contributed by atoms with van der Waals surface area (Å²) < 4.78 is 31.4. The van der Waals surface area contributed by atoms with Crippen LogP contribution in [0, 0.1) is 11.6 Å². The fourth-order valence-corrected chi connectivity index (χ4v) is 3.34. The van der Waals surface area contributed by atoms with Gasteiger partial charge in [0.1, 0.15) is 17.5 Å². The summed E-state index contributed by atoms with van der Waals surface area (Å²) in [6.07, 6.45) is 5.84. The van der Waals surface area contributed by atoms with E-state index < -0.39 is 11.6 Å². The third-order valence-electron chi connectivity index (χ3n) is 4.62. The maximum atomic E-state index is 14.1. The van der Waals surface area contributed by atoms with Crippen LogP contribution >= 0.6 is 0 Å². The van der Waals surface area contributed by atoms with Crippen molar-refractivity contribution < 1.29 is 13.6 Å². The maximum Gasteiger partial charge on any atom is 0.221 e. The van der Waals surface area contributed by atoms with E-state index in [0.29, 0.717) is 24.6 Å². The first kappa shape index (κ1) is 18.8. The quantitative estimate of drug-likeness (QED) is 0.531. The number of anilines is 1. The lowest BCUT2D eigenvalue weighted by molar-refractivity contribution is -0.114. The number of carbonyl (C=O) groups is 1. The molecule has 4 aromatic rings. The third-order valence-corrected chi connectivity index (χ3v) is 4.62. The van der Waals surface area contributed by atoms with Crippen molar-refractivity contribution in [3.05, 3.63) is 66.8 Å². The molecular formula is C21H19F2N5O. The number of hydrogen-bond donors (Lipinski definition) is 1. The monoisotopic (exact) mass is 395 g/mol. The van der Waals surface area contributed by atoms with E-state index in [0.717, 1.165) is 35.7 Å². The summed E-state index contributed by atoms with van der Waals surface area (Å²) in [4.78, 5) is 19.8. The minimum absolute atomic E-state index is 0.130. The van der Waals surface area contributed by atoms with Gasteiger partial charge in [-0.15, -0.1) is 0 Å². The number of amides is 1. The highest BCUT2D eigenvalue weighted by Crippen LogP contribution is 2.23. The van der Waals surface area contributed by atoms with Crippen LogP contribution in [0.2, 0.25) is 0 Å². The molecule has 0 saturated carbocycles. The number of rotatable bonds is 6. The van der Waals surface area contributed by atoms with Crippen molar-refractivity contribution in [2.24, 2.45) is 0 Å². The molecule has 2 aromatic carbocycles. The van der Waals surface area contributed by atoms with E-state index in [9.17, 15) is 13.6 Å². The zero-order chi connectivity index (χ0) is 20.4. The fourth-order valence-electron chi connectivity index (χ4n) is 3.34. The van der Waals surface area contributed by atoms with Crippen LogP contribution in [0.25, 0.3) is 22.4 Å². The summed E-state index contributed by atoms with van der Waals surface area (Å²) in [6, 6.07) is 8.93. The lowest BCUT2D eigenvalue weighted by Crippen LogP contribution is -2.06. The van der Waals surface area contributed by atoms with Gasteiger partial charge in [0.05, 0.1) is 22.9 Å². The van der Waals surface area contributed by atoms with Gasteiger partial charge in [0.25, 0.3) is 0 Å². The van der Waals surface area contributed by atoms with Crippen molar-refractivity contribution in [1.29, 1.82) is 0 Å². The molecule has 0 bridgehead atoms. The van der Waals surface area contributed by atoms with Gasteiger partial charge < -0.3 is 14.5 Å². The number of nitrogens with zero attached hydrogens (tertiary/aromatic N) is 4. The van der Waals surface area contributed by atoms with Crippen molar-refractivity contribution in [3.63, 3.8) is 0 Å².